The van der Waals surface area contributed by atoms with Crippen molar-refractivity contribution in [3.05, 3.63) is 71.6 Å². The highest BCUT2D eigenvalue weighted by atomic mass is 35.5. The molecule has 2 aliphatic heterocycles. The van der Waals surface area contributed by atoms with Crippen molar-refractivity contribution < 1.29 is 9.84 Å². The number of fused-ring (bicyclic) bond motifs is 3. The number of rotatable bonds is 6. The van der Waals surface area contributed by atoms with Crippen LogP contribution in [0.15, 0.2) is 61.1 Å². The van der Waals surface area contributed by atoms with E-state index in [2.05, 4.69) is 34.0 Å². The second-order valence-electron chi connectivity index (χ2n) is 12.0. The highest BCUT2D eigenvalue weighted by Crippen LogP contribution is 2.71. The van der Waals surface area contributed by atoms with Crippen LogP contribution in [0, 0.1) is 17.3 Å². The molecule has 2 aromatic carbocycles. The van der Waals surface area contributed by atoms with Crippen LogP contribution in [-0.4, -0.2) is 51.5 Å². The Morgan fingerprint density at radius 1 is 1.05 bits per heavy atom. The van der Waals surface area contributed by atoms with E-state index >= 15 is 0 Å². The van der Waals surface area contributed by atoms with Gasteiger partial charge in [0.2, 0.25) is 0 Å². The first-order chi connectivity index (χ1) is 17.9. The number of nitrogens with zero attached hydrogens (tertiary/aromatic N) is 5. The highest BCUT2D eigenvalue weighted by Gasteiger charge is 2.69. The van der Waals surface area contributed by atoms with Gasteiger partial charge in [0.15, 0.2) is 0 Å². The number of anilines is 1. The summed E-state index contributed by atoms with van der Waals surface area (Å²) >= 11 is 6.81. The number of aliphatic hydroxyl groups is 1. The number of halogens is 1. The fourth-order valence-electron chi connectivity index (χ4n) is 8.09. The van der Waals surface area contributed by atoms with Crippen molar-refractivity contribution in [1.29, 1.82) is 0 Å². The van der Waals surface area contributed by atoms with Gasteiger partial charge in [0.25, 0.3) is 0 Å². The summed E-state index contributed by atoms with van der Waals surface area (Å²) in [6.45, 7) is 2.41. The van der Waals surface area contributed by atoms with Crippen LogP contribution in [0.1, 0.15) is 31.2 Å². The minimum Gasteiger partial charge on any atom is -0.384 e. The highest BCUT2D eigenvalue weighted by molar-refractivity contribution is 6.34. The zero-order valence-electron chi connectivity index (χ0n) is 20.8. The Bertz CT molecular complexity index is 1500. The Hall–Kier alpha value is -2.87. The topological polar surface area (TPSA) is 68.3 Å². The van der Waals surface area contributed by atoms with Crippen LogP contribution in [0.3, 0.4) is 0 Å². The molecule has 4 heterocycles. The molecule has 4 aliphatic carbocycles. The van der Waals surface area contributed by atoms with Gasteiger partial charge in [-0.15, -0.1) is 0 Å². The molecule has 0 radical (unpaired) electrons. The monoisotopic (exact) mass is 515 g/mol. The number of aromatic nitrogens is 4. The number of methoxy groups -OCH3 is 1. The average molecular weight is 516 g/mol. The SMILES string of the molecule is COCC12CC(n3cc(-n4ncc5cc(Cl)c(N6CC7CC(C6)C7(O)c6ccccc6)cc54)cn3)(C1)C2. The smallest absolute Gasteiger partial charge is 0.103 e. The second-order valence-corrected chi connectivity index (χ2v) is 12.4. The number of hydrogen-bond donors (Lipinski definition) is 1. The molecule has 0 amide bonds. The lowest BCUT2D eigenvalue weighted by atomic mass is 9.39. The van der Waals surface area contributed by atoms with E-state index in [4.69, 9.17) is 26.5 Å². The van der Waals surface area contributed by atoms with E-state index in [0.29, 0.717) is 5.41 Å². The molecular formula is C29H30ClN5O2. The molecule has 6 fully saturated rings. The lowest BCUT2D eigenvalue weighted by molar-refractivity contribution is -0.217. The van der Waals surface area contributed by atoms with Crippen molar-refractivity contribution in [3.63, 3.8) is 0 Å². The van der Waals surface area contributed by atoms with Crippen molar-refractivity contribution in [2.45, 2.75) is 36.8 Å². The van der Waals surface area contributed by atoms with E-state index < -0.39 is 5.60 Å². The molecule has 4 aromatic rings. The molecule has 190 valence electrons. The van der Waals surface area contributed by atoms with Gasteiger partial charge in [0.05, 0.1) is 52.6 Å². The molecule has 2 unspecified atom stereocenters. The molecule has 37 heavy (non-hydrogen) atoms. The summed E-state index contributed by atoms with van der Waals surface area (Å²) < 4.78 is 9.54. The quantitative estimate of drug-likeness (QED) is 0.401. The normalized spacial score (nSPS) is 33.6. The molecule has 0 spiro atoms. The molecule has 2 atom stereocenters. The van der Waals surface area contributed by atoms with Crippen LogP contribution in [0.4, 0.5) is 5.69 Å². The lowest BCUT2D eigenvalue weighted by Gasteiger charge is -2.70. The maximum absolute atomic E-state index is 11.6. The summed E-state index contributed by atoms with van der Waals surface area (Å²) in [7, 11) is 1.79. The van der Waals surface area contributed by atoms with Gasteiger partial charge in [-0.25, -0.2) is 4.68 Å². The Morgan fingerprint density at radius 3 is 2.54 bits per heavy atom. The summed E-state index contributed by atoms with van der Waals surface area (Å²) in [6, 6.07) is 14.3. The zero-order chi connectivity index (χ0) is 25.0. The predicted molar refractivity (Wildman–Crippen MR) is 142 cm³/mol. The molecule has 6 aliphatic rings. The first-order valence-electron chi connectivity index (χ1n) is 13.2. The summed E-state index contributed by atoms with van der Waals surface area (Å²) in [5, 5.41) is 22.8. The third-order valence-electron chi connectivity index (χ3n) is 9.77. The summed E-state index contributed by atoms with van der Waals surface area (Å²) in [5.41, 5.74) is 3.80. The van der Waals surface area contributed by atoms with Crippen molar-refractivity contribution in [2.75, 3.05) is 31.7 Å². The third kappa shape index (κ3) is 2.90. The molecule has 7 nitrogen and oxygen atoms in total. The Kier molecular flexibility index (Phi) is 4.41. The minimum atomic E-state index is -0.742. The van der Waals surface area contributed by atoms with E-state index in [9.17, 15) is 5.11 Å². The van der Waals surface area contributed by atoms with Crippen molar-refractivity contribution in [1.82, 2.24) is 19.6 Å². The standard InChI is InChI=1S/C29H30ClN5O2/c1-37-18-27-15-28(16-27,17-27)34-14-23(11-31-34)35-25-9-26(24(30)7-19(25)10-32-35)33-12-21-8-22(13-33)29(21,36)20-5-3-2-4-6-20/h2-7,9-11,14,21-22,36H,8,12-13,15-18H2,1H3. The van der Waals surface area contributed by atoms with Gasteiger partial charge in [-0.05, 0) is 43.4 Å². The average Bonchev–Trinajstić information content (AvgIpc) is 3.51. The van der Waals surface area contributed by atoms with Gasteiger partial charge >= 0.3 is 0 Å². The third-order valence-corrected chi connectivity index (χ3v) is 10.1. The maximum Gasteiger partial charge on any atom is 0.103 e. The first kappa shape index (κ1) is 22.1. The number of hydrogen-bond acceptors (Lipinski definition) is 5. The molecule has 4 bridgehead atoms. The molecule has 1 N–H and O–H groups in total. The molecule has 10 rings (SSSR count). The lowest BCUT2D eigenvalue weighted by Crippen LogP contribution is -2.69. The Morgan fingerprint density at radius 2 is 1.81 bits per heavy atom. The van der Waals surface area contributed by atoms with Gasteiger partial charge in [0, 0.05) is 42.8 Å². The minimum absolute atomic E-state index is 0.151. The van der Waals surface area contributed by atoms with Gasteiger partial charge in [-0.1, -0.05) is 41.9 Å². The van der Waals surface area contributed by atoms with Crippen LogP contribution < -0.4 is 4.90 Å². The zero-order valence-corrected chi connectivity index (χ0v) is 21.6. The fourth-order valence-corrected chi connectivity index (χ4v) is 8.38. The number of benzene rings is 2. The second kappa shape index (κ2) is 7.37. The van der Waals surface area contributed by atoms with E-state index in [0.717, 1.165) is 78.2 Å². The number of piperidine rings is 2. The number of ether oxygens (including phenoxy) is 1. The predicted octanol–water partition coefficient (Wildman–Crippen LogP) is 4.74. The van der Waals surface area contributed by atoms with E-state index in [1.54, 1.807) is 7.11 Å². The molecule has 4 saturated carbocycles. The van der Waals surface area contributed by atoms with Crippen LogP contribution in [0.5, 0.6) is 0 Å². The van der Waals surface area contributed by atoms with Crippen molar-refractivity contribution in [3.8, 4) is 5.69 Å². The Balaban J connectivity index is 1.08. The van der Waals surface area contributed by atoms with Crippen LogP contribution >= 0.6 is 11.6 Å². The van der Waals surface area contributed by atoms with Crippen LogP contribution in [0.2, 0.25) is 5.02 Å². The van der Waals surface area contributed by atoms with Gasteiger partial charge < -0.3 is 14.7 Å². The first-order valence-corrected chi connectivity index (χ1v) is 13.6. The van der Waals surface area contributed by atoms with Gasteiger partial charge in [0.1, 0.15) is 5.69 Å². The molecule has 2 saturated heterocycles. The Labute approximate surface area is 220 Å². The largest absolute Gasteiger partial charge is 0.384 e. The molecule has 8 heteroatoms. The van der Waals surface area contributed by atoms with Crippen LogP contribution in [0.25, 0.3) is 16.6 Å². The van der Waals surface area contributed by atoms with Crippen molar-refractivity contribution in [2.24, 2.45) is 17.3 Å². The summed E-state index contributed by atoms with van der Waals surface area (Å²) in [4.78, 5) is 2.34. The van der Waals surface area contributed by atoms with Crippen molar-refractivity contribution >= 4 is 28.2 Å². The summed E-state index contributed by atoms with van der Waals surface area (Å²) in [5.74, 6) is 0.385. The van der Waals surface area contributed by atoms with E-state index in [1.165, 1.54) is 0 Å². The molecule has 2 aromatic heterocycles. The van der Waals surface area contributed by atoms with E-state index in [-0.39, 0.29) is 17.4 Å². The maximum atomic E-state index is 11.6. The van der Waals surface area contributed by atoms with Gasteiger partial charge in [-0.2, -0.15) is 10.2 Å². The molecular weight excluding hydrogens is 486 g/mol. The summed E-state index contributed by atoms with van der Waals surface area (Å²) in [6.07, 6.45) is 10.4. The fraction of sp³-hybridized carbons (Fsp3) is 0.448. The van der Waals surface area contributed by atoms with Crippen LogP contribution in [-0.2, 0) is 15.9 Å². The van der Waals surface area contributed by atoms with Gasteiger partial charge in [-0.3, -0.25) is 4.68 Å². The van der Waals surface area contributed by atoms with E-state index in [1.807, 2.05) is 41.3 Å².